The average Bonchev–Trinajstić information content (AvgIpc) is 2.36. The van der Waals surface area contributed by atoms with Crippen molar-refractivity contribution in [1.29, 1.82) is 0 Å². The highest BCUT2D eigenvalue weighted by atomic mass is 32.2. The largest absolute Gasteiger partial charge is 0.338 e. The summed E-state index contributed by atoms with van der Waals surface area (Å²) in [5.74, 6) is 0.101. The van der Waals surface area contributed by atoms with Crippen molar-refractivity contribution in [2.24, 2.45) is 0 Å². The lowest BCUT2D eigenvalue weighted by Crippen LogP contribution is -2.49. The predicted molar refractivity (Wildman–Crippen MR) is 70.9 cm³/mol. The number of urea groups is 1. The number of rotatable bonds is 5. The van der Waals surface area contributed by atoms with E-state index in [1.54, 1.807) is 11.8 Å². The third-order valence-electron chi connectivity index (χ3n) is 3.03. The van der Waals surface area contributed by atoms with Gasteiger partial charge in [0.1, 0.15) is 0 Å². The zero-order valence-corrected chi connectivity index (χ0v) is 11.9. The van der Waals surface area contributed by atoms with Crippen molar-refractivity contribution >= 4 is 16.1 Å². The van der Waals surface area contributed by atoms with Crippen molar-refractivity contribution in [3.8, 4) is 0 Å². The van der Waals surface area contributed by atoms with Gasteiger partial charge in [-0.2, -0.15) is 0 Å². The first-order chi connectivity index (χ1) is 8.48. The highest BCUT2D eigenvalue weighted by Crippen LogP contribution is 2.11. The predicted octanol–water partition coefficient (Wildman–Crippen LogP) is 0.510. The zero-order valence-electron chi connectivity index (χ0n) is 11.1. The number of likely N-dealkylation sites (tertiary alicyclic amines) is 1. The molecule has 7 heteroatoms. The Hall–Kier alpha value is -0.820. The Morgan fingerprint density at radius 1 is 1.28 bits per heavy atom. The number of piperidine rings is 1. The van der Waals surface area contributed by atoms with Crippen LogP contribution in [0, 0.1) is 0 Å². The van der Waals surface area contributed by atoms with Crippen LogP contribution in [0.4, 0.5) is 4.79 Å². The molecule has 0 aromatic heterocycles. The molecule has 1 saturated heterocycles. The van der Waals surface area contributed by atoms with Gasteiger partial charge in [-0.15, -0.1) is 0 Å². The number of nitrogens with zero attached hydrogens (tertiary/aromatic N) is 1. The van der Waals surface area contributed by atoms with Crippen LogP contribution in [0.5, 0.6) is 0 Å². The van der Waals surface area contributed by atoms with Gasteiger partial charge in [0.25, 0.3) is 0 Å². The summed E-state index contributed by atoms with van der Waals surface area (Å²) in [5.41, 5.74) is 0. The molecule has 0 radical (unpaired) electrons. The van der Waals surface area contributed by atoms with Crippen LogP contribution < -0.4 is 10.0 Å². The number of carbonyl (C=O) groups is 1. The topological polar surface area (TPSA) is 78.5 Å². The van der Waals surface area contributed by atoms with Gasteiger partial charge in [-0.3, -0.25) is 0 Å². The Bertz CT molecular complexity index is 362. The molecule has 0 saturated carbocycles. The van der Waals surface area contributed by atoms with Gasteiger partial charge in [-0.1, -0.05) is 6.92 Å². The van der Waals surface area contributed by atoms with Crippen molar-refractivity contribution < 1.29 is 13.2 Å². The van der Waals surface area contributed by atoms with E-state index >= 15 is 0 Å². The summed E-state index contributed by atoms with van der Waals surface area (Å²) in [6.07, 6.45) is 2.27. The van der Waals surface area contributed by atoms with Crippen LogP contribution in [-0.4, -0.2) is 50.8 Å². The summed E-state index contributed by atoms with van der Waals surface area (Å²) >= 11 is 0. The van der Waals surface area contributed by atoms with Gasteiger partial charge in [0, 0.05) is 25.7 Å². The summed E-state index contributed by atoms with van der Waals surface area (Å²) in [6, 6.07) is -0.0844. The Morgan fingerprint density at radius 3 is 2.39 bits per heavy atom. The molecule has 1 aliphatic heterocycles. The summed E-state index contributed by atoms with van der Waals surface area (Å²) < 4.78 is 25.5. The van der Waals surface area contributed by atoms with Crippen molar-refractivity contribution in [3.63, 3.8) is 0 Å². The van der Waals surface area contributed by atoms with E-state index in [0.717, 1.165) is 6.42 Å². The Morgan fingerprint density at radius 2 is 1.89 bits per heavy atom. The second-order valence-corrected chi connectivity index (χ2v) is 6.56. The molecule has 1 heterocycles. The minimum absolute atomic E-state index is 0.0369. The first-order valence-corrected chi connectivity index (χ1v) is 8.16. The fourth-order valence-corrected chi connectivity index (χ4v) is 2.79. The Labute approximate surface area is 109 Å². The van der Waals surface area contributed by atoms with E-state index in [2.05, 4.69) is 10.0 Å². The van der Waals surface area contributed by atoms with Gasteiger partial charge < -0.3 is 10.2 Å². The molecule has 0 unspecified atom stereocenters. The molecule has 1 fully saturated rings. The third kappa shape index (κ3) is 4.81. The lowest BCUT2D eigenvalue weighted by molar-refractivity contribution is 0.180. The van der Waals surface area contributed by atoms with E-state index in [1.165, 1.54) is 0 Å². The van der Waals surface area contributed by atoms with Crippen LogP contribution in [0.15, 0.2) is 0 Å². The number of sulfonamides is 1. The summed E-state index contributed by atoms with van der Waals surface area (Å²) in [4.78, 5) is 13.4. The monoisotopic (exact) mass is 277 g/mol. The van der Waals surface area contributed by atoms with Crippen molar-refractivity contribution in [3.05, 3.63) is 0 Å². The fourth-order valence-electron chi connectivity index (χ4n) is 1.88. The summed E-state index contributed by atoms with van der Waals surface area (Å²) in [7, 11) is -3.14. The van der Waals surface area contributed by atoms with Crippen LogP contribution in [0.3, 0.4) is 0 Å². The average molecular weight is 277 g/mol. The molecule has 18 heavy (non-hydrogen) atoms. The molecule has 106 valence electrons. The van der Waals surface area contributed by atoms with Gasteiger partial charge in [-0.25, -0.2) is 17.9 Å². The van der Waals surface area contributed by atoms with Crippen molar-refractivity contribution in [2.45, 2.75) is 39.2 Å². The quantitative estimate of drug-likeness (QED) is 0.768. The highest BCUT2D eigenvalue weighted by Gasteiger charge is 2.24. The zero-order chi connectivity index (χ0) is 13.6. The van der Waals surface area contributed by atoms with Crippen molar-refractivity contribution in [2.75, 3.05) is 25.4 Å². The summed E-state index contributed by atoms with van der Waals surface area (Å²) in [6.45, 7) is 5.52. The molecule has 1 aliphatic rings. The maximum atomic E-state index is 11.7. The third-order valence-corrected chi connectivity index (χ3v) is 4.49. The second kappa shape index (κ2) is 6.94. The van der Waals surface area contributed by atoms with Crippen molar-refractivity contribution in [1.82, 2.24) is 14.9 Å². The van der Waals surface area contributed by atoms with E-state index < -0.39 is 10.0 Å². The van der Waals surface area contributed by atoms with Gasteiger partial charge in [0.05, 0.1) is 5.75 Å². The van der Waals surface area contributed by atoms with Crippen LogP contribution in [0.1, 0.15) is 33.1 Å². The van der Waals surface area contributed by atoms with Crippen LogP contribution in [0.25, 0.3) is 0 Å². The number of hydrogen-bond acceptors (Lipinski definition) is 3. The molecule has 0 spiro atoms. The molecular formula is C11H23N3O3S. The van der Waals surface area contributed by atoms with E-state index in [9.17, 15) is 13.2 Å². The number of amides is 2. The SMILES string of the molecule is CCCNC(=O)N1CCC(NS(=O)(=O)CC)CC1. The normalized spacial score (nSPS) is 17.8. The molecule has 0 aromatic carbocycles. The first kappa shape index (κ1) is 15.2. The van der Waals surface area contributed by atoms with Gasteiger partial charge in [0.15, 0.2) is 0 Å². The number of hydrogen-bond donors (Lipinski definition) is 2. The van der Waals surface area contributed by atoms with E-state index in [-0.39, 0.29) is 17.8 Å². The lowest BCUT2D eigenvalue weighted by atomic mass is 10.1. The molecule has 1 rings (SSSR count). The van der Waals surface area contributed by atoms with Crippen LogP contribution >= 0.6 is 0 Å². The second-order valence-electron chi connectivity index (χ2n) is 4.51. The molecule has 0 bridgehead atoms. The van der Waals surface area contributed by atoms with Crippen LogP contribution in [0.2, 0.25) is 0 Å². The molecule has 2 N–H and O–H groups in total. The smallest absolute Gasteiger partial charge is 0.317 e. The van der Waals surface area contributed by atoms with Gasteiger partial charge in [-0.05, 0) is 26.2 Å². The maximum Gasteiger partial charge on any atom is 0.317 e. The molecule has 2 amide bonds. The lowest BCUT2D eigenvalue weighted by Gasteiger charge is -2.32. The highest BCUT2D eigenvalue weighted by molar-refractivity contribution is 7.89. The maximum absolute atomic E-state index is 11.7. The van der Waals surface area contributed by atoms with Gasteiger partial charge in [0.2, 0.25) is 10.0 Å². The molecular weight excluding hydrogens is 254 g/mol. The van der Waals surface area contributed by atoms with Crippen LogP contribution in [-0.2, 0) is 10.0 Å². The number of nitrogens with one attached hydrogen (secondary N) is 2. The standard InChI is InChI=1S/C11H23N3O3S/c1-3-7-12-11(15)14-8-5-10(6-9-14)13-18(16,17)4-2/h10,13H,3-9H2,1-2H3,(H,12,15). The Balaban J connectivity index is 2.35. The number of carbonyl (C=O) groups excluding carboxylic acids is 1. The summed E-state index contributed by atoms with van der Waals surface area (Å²) in [5, 5.41) is 2.82. The molecule has 0 aliphatic carbocycles. The molecule has 6 nitrogen and oxygen atoms in total. The Kier molecular flexibility index (Phi) is 5.87. The van der Waals surface area contributed by atoms with Gasteiger partial charge >= 0.3 is 6.03 Å². The molecule has 0 aromatic rings. The minimum Gasteiger partial charge on any atom is -0.338 e. The van der Waals surface area contributed by atoms with E-state index in [1.807, 2.05) is 6.92 Å². The van der Waals surface area contributed by atoms with E-state index in [0.29, 0.717) is 32.5 Å². The fraction of sp³-hybridized carbons (Fsp3) is 0.909. The van der Waals surface area contributed by atoms with E-state index in [4.69, 9.17) is 0 Å². The molecule has 0 atom stereocenters. The first-order valence-electron chi connectivity index (χ1n) is 6.51. The minimum atomic E-state index is -3.14.